The van der Waals surface area contributed by atoms with Crippen LogP contribution in [0.4, 0.5) is 0 Å². The normalized spacial score (nSPS) is 10.2. The lowest BCUT2D eigenvalue weighted by molar-refractivity contribution is 0.475. The maximum absolute atomic E-state index is 9.40. The average Bonchev–Trinajstić information content (AvgIpc) is 2.48. The number of hydrogen-bond acceptors (Lipinski definition) is 5. The first-order valence-corrected chi connectivity index (χ1v) is 7.26. The number of aromatic nitrogens is 2. The van der Waals surface area contributed by atoms with Crippen LogP contribution < -0.4 is 0 Å². The Labute approximate surface area is 122 Å². The van der Waals surface area contributed by atoms with Crippen molar-refractivity contribution in [2.24, 2.45) is 0 Å². The summed E-state index contributed by atoms with van der Waals surface area (Å²) in [6.45, 7) is 4.03. The van der Waals surface area contributed by atoms with Crippen LogP contribution in [-0.4, -0.2) is 15.3 Å². The van der Waals surface area contributed by atoms with Gasteiger partial charge in [-0.05, 0) is 42.7 Å². The Bertz CT molecular complexity index is 647. The topological polar surface area (TPSA) is 69.8 Å². The van der Waals surface area contributed by atoms with Crippen LogP contribution in [0.5, 0.6) is 5.75 Å². The van der Waals surface area contributed by atoms with Crippen LogP contribution in [0.15, 0.2) is 34.2 Å². The molecule has 0 aliphatic rings. The summed E-state index contributed by atoms with van der Waals surface area (Å²) < 4.78 is 0. The molecule has 0 atom stereocenters. The van der Waals surface area contributed by atoms with Crippen molar-refractivity contribution in [1.82, 2.24) is 10.2 Å². The quantitative estimate of drug-likeness (QED) is 0.933. The van der Waals surface area contributed by atoms with Crippen molar-refractivity contribution in [3.63, 3.8) is 0 Å². The summed E-state index contributed by atoms with van der Waals surface area (Å²) in [5.41, 5.74) is 2.47. The number of hydrogen-bond donors (Lipinski definition) is 1. The average molecular weight is 285 g/mol. The van der Waals surface area contributed by atoms with Crippen molar-refractivity contribution >= 4 is 11.8 Å². The fourth-order valence-electron chi connectivity index (χ4n) is 1.97. The highest BCUT2D eigenvalue weighted by Gasteiger charge is 2.15. The van der Waals surface area contributed by atoms with E-state index in [0.717, 1.165) is 29.0 Å². The molecule has 0 unspecified atom stereocenters. The van der Waals surface area contributed by atoms with Gasteiger partial charge in [0.25, 0.3) is 0 Å². The summed E-state index contributed by atoms with van der Waals surface area (Å²) in [5.74, 6) is 0.219. The number of aryl methyl sites for hydroxylation is 1. The molecule has 0 fully saturated rings. The molecule has 1 heterocycles. The molecule has 102 valence electrons. The standard InChI is InChI=1S/C15H15N3OS/c1-3-12-13(9-16)15(18-17-14(12)4-2)20-11-7-5-10(19)6-8-11/h5-8,19H,3-4H2,1-2H3. The largest absolute Gasteiger partial charge is 0.508 e. The molecular formula is C15H15N3OS. The second-order valence-electron chi connectivity index (χ2n) is 4.22. The van der Waals surface area contributed by atoms with E-state index < -0.39 is 0 Å². The predicted molar refractivity (Wildman–Crippen MR) is 77.7 cm³/mol. The number of nitriles is 1. The molecule has 20 heavy (non-hydrogen) atoms. The van der Waals surface area contributed by atoms with Gasteiger partial charge < -0.3 is 5.11 Å². The van der Waals surface area contributed by atoms with Crippen molar-refractivity contribution in [3.8, 4) is 11.8 Å². The fourth-order valence-corrected chi connectivity index (χ4v) is 2.81. The molecule has 0 radical (unpaired) electrons. The van der Waals surface area contributed by atoms with Gasteiger partial charge in [0.05, 0.1) is 11.3 Å². The molecule has 1 N–H and O–H groups in total. The first-order chi connectivity index (χ1) is 9.69. The zero-order valence-electron chi connectivity index (χ0n) is 11.4. The third-order valence-corrected chi connectivity index (χ3v) is 3.96. The van der Waals surface area contributed by atoms with Gasteiger partial charge in [0.1, 0.15) is 16.8 Å². The van der Waals surface area contributed by atoms with Gasteiger partial charge >= 0.3 is 0 Å². The van der Waals surface area contributed by atoms with Crippen molar-refractivity contribution in [2.75, 3.05) is 0 Å². The Morgan fingerprint density at radius 1 is 1.15 bits per heavy atom. The van der Waals surface area contributed by atoms with Gasteiger partial charge in [0.2, 0.25) is 0 Å². The summed E-state index contributed by atoms with van der Waals surface area (Å²) in [6, 6.07) is 9.06. The Balaban J connectivity index is 2.42. The molecule has 0 amide bonds. The van der Waals surface area contributed by atoms with Crippen LogP contribution in [0.1, 0.15) is 30.7 Å². The van der Waals surface area contributed by atoms with E-state index in [0.29, 0.717) is 10.6 Å². The second-order valence-corrected chi connectivity index (χ2v) is 5.28. The number of nitrogens with zero attached hydrogens (tertiary/aromatic N) is 3. The lowest BCUT2D eigenvalue weighted by Crippen LogP contribution is -2.04. The van der Waals surface area contributed by atoms with E-state index in [9.17, 15) is 10.4 Å². The molecule has 4 nitrogen and oxygen atoms in total. The van der Waals surface area contributed by atoms with Crippen molar-refractivity contribution in [2.45, 2.75) is 36.6 Å². The number of rotatable bonds is 4. The van der Waals surface area contributed by atoms with E-state index in [-0.39, 0.29) is 5.75 Å². The Kier molecular flexibility index (Phi) is 4.59. The van der Waals surface area contributed by atoms with Crippen LogP contribution in [0.3, 0.4) is 0 Å². The molecule has 0 aliphatic carbocycles. The fraction of sp³-hybridized carbons (Fsp3) is 0.267. The third kappa shape index (κ3) is 2.91. The number of phenolic OH excluding ortho intramolecular Hbond substituents is 1. The SMILES string of the molecule is CCc1nnc(Sc2ccc(O)cc2)c(C#N)c1CC. The minimum absolute atomic E-state index is 0.219. The highest BCUT2D eigenvalue weighted by atomic mass is 32.2. The van der Waals surface area contributed by atoms with Gasteiger partial charge in [0.15, 0.2) is 0 Å². The Morgan fingerprint density at radius 2 is 1.85 bits per heavy atom. The molecule has 5 heteroatoms. The van der Waals surface area contributed by atoms with Crippen LogP contribution in [0.25, 0.3) is 0 Å². The molecule has 1 aromatic heterocycles. The Morgan fingerprint density at radius 3 is 2.40 bits per heavy atom. The number of aromatic hydroxyl groups is 1. The first kappa shape index (κ1) is 14.4. The van der Waals surface area contributed by atoms with Crippen LogP contribution in [-0.2, 0) is 12.8 Å². The van der Waals surface area contributed by atoms with Gasteiger partial charge in [-0.1, -0.05) is 25.6 Å². The molecule has 0 aliphatic heterocycles. The summed E-state index contributed by atoms with van der Waals surface area (Å²) in [5, 5.41) is 27.7. The van der Waals surface area contributed by atoms with Crippen molar-refractivity contribution in [1.29, 1.82) is 5.26 Å². The van der Waals surface area contributed by atoms with Crippen LogP contribution >= 0.6 is 11.8 Å². The van der Waals surface area contributed by atoms with E-state index >= 15 is 0 Å². The number of benzene rings is 1. The molecule has 0 spiro atoms. The summed E-state index contributed by atoms with van der Waals surface area (Å²) in [6.07, 6.45) is 1.54. The summed E-state index contributed by atoms with van der Waals surface area (Å²) in [7, 11) is 0. The minimum atomic E-state index is 0.219. The summed E-state index contributed by atoms with van der Waals surface area (Å²) in [4.78, 5) is 0.917. The molecule has 0 saturated carbocycles. The molecule has 0 saturated heterocycles. The lowest BCUT2D eigenvalue weighted by Gasteiger charge is -2.09. The zero-order chi connectivity index (χ0) is 14.5. The molecule has 2 aromatic rings. The van der Waals surface area contributed by atoms with E-state index in [1.807, 2.05) is 13.8 Å². The third-order valence-electron chi connectivity index (χ3n) is 2.98. The van der Waals surface area contributed by atoms with E-state index in [1.54, 1.807) is 24.3 Å². The molecule has 1 aromatic carbocycles. The van der Waals surface area contributed by atoms with Crippen molar-refractivity contribution < 1.29 is 5.11 Å². The highest BCUT2D eigenvalue weighted by Crippen LogP contribution is 2.31. The monoisotopic (exact) mass is 285 g/mol. The summed E-state index contributed by atoms with van der Waals surface area (Å²) >= 11 is 1.39. The van der Waals surface area contributed by atoms with Crippen LogP contribution in [0, 0.1) is 11.3 Å². The Hall–Kier alpha value is -2.06. The van der Waals surface area contributed by atoms with Crippen LogP contribution in [0.2, 0.25) is 0 Å². The number of phenols is 1. The molecule has 2 rings (SSSR count). The maximum Gasteiger partial charge on any atom is 0.142 e. The van der Waals surface area contributed by atoms with Crippen molar-refractivity contribution in [3.05, 3.63) is 41.1 Å². The van der Waals surface area contributed by atoms with E-state index in [4.69, 9.17) is 0 Å². The van der Waals surface area contributed by atoms with Gasteiger partial charge in [-0.2, -0.15) is 10.4 Å². The van der Waals surface area contributed by atoms with E-state index in [1.165, 1.54) is 11.8 Å². The van der Waals surface area contributed by atoms with Gasteiger partial charge in [-0.3, -0.25) is 0 Å². The first-order valence-electron chi connectivity index (χ1n) is 6.45. The maximum atomic E-state index is 9.40. The van der Waals surface area contributed by atoms with Gasteiger partial charge in [0, 0.05) is 4.90 Å². The predicted octanol–water partition coefficient (Wildman–Crippen LogP) is 3.33. The lowest BCUT2D eigenvalue weighted by atomic mass is 10.1. The van der Waals surface area contributed by atoms with Gasteiger partial charge in [-0.15, -0.1) is 5.10 Å². The minimum Gasteiger partial charge on any atom is -0.508 e. The highest BCUT2D eigenvalue weighted by molar-refractivity contribution is 7.99. The van der Waals surface area contributed by atoms with Gasteiger partial charge in [-0.25, -0.2) is 0 Å². The molecular weight excluding hydrogens is 270 g/mol. The second kappa shape index (κ2) is 6.40. The van der Waals surface area contributed by atoms with E-state index in [2.05, 4.69) is 16.3 Å². The molecule has 0 bridgehead atoms. The smallest absolute Gasteiger partial charge is 0.142 e. The zero-order valence-corrected chi connectivity index (χ0v) is 12.2.